The predicted molar refractivity (Wildman–Crippen MR) is 74.0 cm³/mol. The summed E-state index contributed by atoms with van der Waals surface area (Å²) in [7, 11) is -1.73. The molecular formula is C11H30N2O3Si. The highest BCUT2D eigenvalue weighted by Crippen LogP contribution is 2.14. The Morgan fingerprint density at radius 3 is 1.18 bits per heavy atom. The normalized spacial score (nSPS) is 12.4. The lowest BCUT2D eigenvalue weighted by Gasteiger charge is -2.12. The Kier molecular flexibility index (Phi) is 20.9. The van der Waals surface area contributed by atoms with Gasteiger partial charge in [0.15, 0.2) is 0 Å². The maximum atomic E-state index is 5.22. The van der Waals surface area contributed by atoms with Gasteiger partial charge in [0.05, 0.1) is 0 Å². The van der Waals surface area contributed by atoms with Crippen molar-refractivity contribution in [2.24, 2.45) is 11.5 Å². The average Bonchev–Trinajstić information content (AvgIpc) is 3.18. The number of hydrogen-bond acceptors (Lipinski definition) is 5. The van der Waals surface area contributed by atoms with E-state index in [-0.39, 0.29) is 0 Å². The van der Waals surface area contributed by atoms with Gasteiger partial charge in [0.1, 0.15) is 0 Å². The topological polar surface area (TPSA) is 79.7 Å². The molecule has 0 aliphatic heterocycles. The molecule has 0 atom stereocenters. The molecular weight excluding hydrogens is 236 g/mol. The molecule has 6 heteroatoms. The lowest BCUT2D eigenvalue weighted by atomic mass is 10.7. The molecule has 1 rings (SSSR count). The minimum atomic E-state index is -1.73. The molecule has 1 aliphatic rings. The number of rotatable bonds is 7. The fraction of sp³-hybridized carbons (Fsp3) is 1.00. The molecule has 0 amide bonds. The van der Waals surface area contributed by atoms with E-state index in [1.807, 2.05) is 20.8 Å². The maximum Gasteiger partial charge on any atom is 0.484 e. The zero-order valence-corrected chi connectivity index (χ0v) is 12.8. The molecule has 0 aromatic rings. The summed E-state index contributed by atoms with van der Waals surface area (Å²) in [5.74, 6) is 0. The molecule has 1 aliphatic carbocycles. The van der Waals surface area contributed by atoms with Gasteiger partial charge in [-0.05, 0) is 20.8 Å². The second-order valence-electron chi connectivity index (χ2n) is 3.29. The van der Waals surface area contributed by atoms with Crippen molar-refractivity contribution in [3.05, 3.63) is 0 Å². The zero-order chi connectivity index (χ0) is 13.4. The fourth-order valence-corrected chi connectivity index (χ4v) is 1.66. The highest BCUT2D eigenvalue weighted by Gasteiger charge is 2.11. The molecule has 5 nitrogen and oxygen atoms in total. The summed E-state index contributed by atoms with van der Waals surface area (Å²) in [5, 5.41) is 0. The molecule has 0 saturated heterocycles. The SMILES string of the molecule is C1CC1.CCO[SiH](OCC)OCC.NCCN. The van der Waals surface area contributed by atoms with Crippen LogP contribution in [0.2, 0.25) is 0 Å². The van der Waals surface area contributed by atoms with Gasteiger partial charge in [-0.15, -0.1) is 0 Å². The summed E-state index contributed by atoms with van der Waals surface area (Å²) < 4.78 is 15.7. The molecule has 1 fully saturated rings. The van der Waals surface area contributed by atoms with Crippen LogP contribution in [-0.4, -0.2) is 42.4 Å². The largest absolute Gasteiger partial charge is 0.484 e. The second kappa shape index (κ2) is 18.4. The Balaban J connectivity index is 0. The van der Waals surface area contributed by atoms with Crippen LogP contribution in [0.5, 0.6) is 0 Å². The van der Waals surface area contributed by atoms with E-state index in [1.165, 1.54) is 19.3 Å². The molecule has 106 valence electrons. The van der Waals surface area contributed by atoms with Gasteiger partial charge in [-0.1, -0.05) is 19.3 Å². The fourth-order valence-electron chi connectivity index (χ4n) is 0.553. The average molecular weight is 266 g/mol. The summed E-state index contributed by atoms with van der Waals surface area (Å²) in [6, 6.07) is 0. The van der Waals surface area contributed by atoms with Gasteiger partial charge in [-0.2, -0.15) is 0 Å². The molecule has 0 aromatic carbocycles. The lowest BCUT2D eigenvalue weighted by molar-refractivity contribution is 0.107. The highest BCUT2D eigenvalue weighted by molar-refractivity contribution is 6.36. The van der Waals surface area contributed by atoms with Gasteiger partial charge in [-0.3, -0.25) is 0 Å². The summed E-state index contributed by atoms with van der Waals surface area (Å²) in [6.45, 7) is 9.05. The molecule has 4 N–H and O–H groups in total. The Hall–Kier alpha value is 0.0169. The smallest absolute Gasteiger partial charge is 0.376 e. The van der Waals surface area contributed by atoms with E-state index in [4.69, 9.17) is 24.7 Å². The van der Waals surface area contributed by atoms with Crippen molar-refractivity contribution in [2.75, 3.05) is 32.9 Å². The van der Waals surface area contributed by atoms with Gasteiger partial charge in [-0.25, -0.2) is 0 Å². The summed E-state index contributed by atoms with van der Waals surface area (Å²) in [5.41, 5.74) is 9.81. The van der Waals surface area contributed by atoms with Crippen molar-refractivity contribution in [3.63, 3.8) is 0 Å². The van der Waals surface area contributed by atoms with Crippen LogP contribution in [0.15, 0.2) is 0 Å². The van der Waals surface area contributed by atoms with Crippen LogP contribution in [0.4, 0.5) is 0 Å². The van der Waals surface area contributed by atoms with Crippen molar-refractivity contribution in [1.82, 2.24) is 0 Å². The minimum Gasteiger partial charge on any atom is -0.376 e. The first-order chi connectivity index (χ1) is 8.26. The zero-order valence-electron chi connectivity index (χ0n) is 11.6. The van der Waals surface area contributed by atoms with Gasteiger partial charge in [0.25, 0.3) is 0 Å². The molecule has 1 saturated carbocycles. The van der Waals surface area contributed by atoms with E-state index in [0.717, 1.165) is 0 Å². The van der Waals surface area contributed by atoms with Crippen LogP contribution in [0.1, 0.15) is 40.0 Å². The highest BCUT2D eigenvalue weighted by atomic mass is 28.3. The van der Waals surface area contributed by atoms with Crippen LogP contribution < -0.4 is 11.5 Å². The van der Waals surface area contributed by atoms with E-state index < -0.39 is 9.53 Å². The third-order valence-corrected chi connectivity index (χ3v) is 3.24. The minimum absolute atomic E-state index is 0.597. The molecule has 0 bridgehead atoms. The molecule has 0 radical (unpaired) electrons. The van der Waals surface area contributed by atoms with E-state index in [9.17, 15) is 0 Å². The van der Waals surface area contributed by atoms with Gasteiger partial charge >= 0.3 is 9.53 Å². The monoisotopic (exact) mass is 266 g/mol. The van der Waals surface area contributed by atoms with Gasteiger partial charge in [0, 0.05) is 32.9 Å². The van der Waals surface area contributed by atoms with Crippen molar-refractivity contribution in [1.29, 1.82) is 0 Å². The molecule has 17 heavy (non-hydrogen) atoms. The predicted octanol–water partition coefficient (Wildman–Crippen LogP) is 0.887. The quantitative estimate of drug-likeness (QED) is 0.669. The van der Waals surface area contributed by atoms with E-state index >= 15 is 0 Å². The number of nitrogens with two attached hydrogens (primary N) is 2. The second-order valence-corrected chi connectivity index (χ2v) is 4.87. The Bertz CT molecular complexity index is 110. The first-order valence-electron chi connectivity index (χ1n) is 6.51. The lowest BCUT2D eigenvalue weighted by Crippen LogP contribution is -2.27. The Morgan fingerprint density at radius 2 is 1.06 bits per heavy atom. The summed E-state index contributed by atoms with van der Waals surface area (Å²) in [6.07, 6.45) is 4.50. The first-order valence-corrected chi connectivity index (χ1v) is 7.93. The first kappa shape index (κ1) is 19.4. The van der Waals surface area contributed by atoms with Crippen molar-refractivity contribution >= 4 is 9.53 Å². The third-order valence-electron chi connectivity index (χ3n) is 1.43. The molecule has 0 heterocycles. The Labute approximate surface area is 108 Å². The maximum absolute atomic E-state index is 5.22. The Morgan fingerprint density at radius 1 is 0.765 bits per heavy atom. The van der Waals surface area contributed by atoms with Crippen molar-refractivity contribution < 1.29 is 13.3 Å². The molecule has 0 unspecified atom stereocenters. The molecule has 0 aromatic heterocycles. The summed E-state index contributed by atoms with van der Waals surface area (Å²) >= 11 is 0. The van der Waals surface area contributed by atoms with Crippen LogP contribution in [-0.2, 0) is 13.3 Å². The summed E-state index contributed by atoms with van der Waals surface area (Å²) in [4.78, 5) is 0. The standard InChI is InChI=1S/C6H16O3Si.C3H6.C2H8N2/c1-4-7-10(8-5-2)9-6-3;1-2-3-1;3-1-2-4/h10H,4-6H2,1-3H3;1-3H2;1-4H2. The van der Waals surface area contributed by atoms with Crippen LogP contribution in [0.25, 0.3) is 0 Å². The third kappa shape index (κ3) is 25.9. The van der Waals surface area contributed by atoms with Crippen molar-refractivity contribution in [3.8, 4) is 0 Å². The van der Waals surface area contributed by atoms with E-state index in [0.29, 0.717) is 32.9 Å². The van der Waals surface area contributed by atoms with Crippen molar-refractivity contribution in [2.45, 2.75) is 40.0 Å². The van der Waals surface area contributed by atoms with Gasteiger partial charge in [0.2, 0.25) is 0 Å². The van der Waals surface area contributed by atoms with Crippen LogP contribution >= 0.6 is 0 Å². The van der Waals surface area contributed by atoms with E-state index in [1.54, 1.807) is 0 Å². The molecule has 0 spiro atoms. The van der Waals surface area contributed by atoms with Crippen LogP contribution in [0, 0.1) is 0 Å². The van der Waals surface area contributed by atoms with Gasteiger partial charge < -0.3 is 24.7 Å². The van der Waals surface area contributed by atoms with E-state index in [2.05, 4.69) is 0 Å². The number of hydrogen-bond donors (Lipinski definition) is 2. The van der Waals surface area contributed by atoms with Crippen LogP contribution in [0.3, 0.4) is 0 Å².